The summed E-state index contributed by atoms with van der Waals surface area (Å²) in [5.41, 5.74) is 4.00. The lowest BCUT2D eigenvalue weighted by atomic mass is 9.85. The first-order valence-electron chi connectivity index (χ1n) is 13.2. The van der Waals surface area contributed by atoms with E-state index in [2.05, 4.69) is 20.8 Å². The topological polar surface area (TPSA) is 76.1 Å². The zero-order chi connectivity index (χ0) is 28.5. The van der Waals surface area contributed by atoms with Crippen LogP contribution in [0.5, 0.6) is 11.5 Å². The number of aliphatic hydroxyl groups excluding tert-OH is 1. The lowest BCUT2D eigenvalue weighted by Gasteiger charge is -2.27. The second kappa shape index (κ2) is 11.0. The fraction of sp³-hybridized carbons (Fsp3) is 0.333. The van der Waals surface area contributed by atoms with Crippen LogP contribution >= 0.6 is 0 Å². The molecule has 1 unspecified atom stereocenters. The Morgan fingerprint density at radius 2 is 1.69 bits per heavy atom. The van der Waals surface area contributed by atoms with Crippen molar-refractivity contribution in [2.75, 3.05) is 7.11 Å². The van der Waals surface area contributed by atoms with Crippen molar-refractivity contribution in [2.24, 2.45) is 0 Å². The van der Waals surface area contributed by atoms with Crippen LogP contribution in [0.1, 0.15) is 68.5 Å². The molecule has 204 valence electrons. The summed E-state index contributed by atoms with van der Waals surface area (Å²) in [7, 11) is 1.58. The van der Waals surface area contributed by atoms with Gasteiger partial charge in [0.2, 0.25) is 0 Å². The van der Waals surface area contributed by atoms with Crippen molar-refractivity contribution in [2.45, 2.75) is 65.6 Å². The van der Waals surface area contributed by atoms with Gasteiger partial charge in [-0.15, -0.1) is 0 Å². The van der Waals surface area contributed by atoms with Gasteiger partial charge >= 0.3 is 0 Å². The number of ketones is 1. The van der Waals surface area contributed by atoms with Gasteiger partial charge in [-0.25, -0.2) is 0 Å². The highest BCUT2D eigenvalue weighted by atomic mass is 16.5. The molecule has 1 saturated heterocycles. The zero-order valence-electron chi connectivity index (χ0n) is 23.7. The molecule has 1 aliphatic rings. The average molecular weight is 528 g/mol. The molecule has 1 fully saturated rings. The molecular weight excluding hydrogens is 490 g/mol. The fourth-order valence-electron chi connectivity index (χ4n) is 4.86. The number of hydrogen-bond acceptors (Lipinski definition) is 5. The van der Waals surface area contributed by atoms with Crippen LogP contribution in [0.4, 0.5) is 0 Å². The molecule has 0 saturated carbocycles. The largest absolute Gasteiger partial charge is 0.507 e. The third-order valence-electron chi connectivity index (χ3n) is 6.93. The number of methoxy groups -OCH3 is 1. The van der Waals surface area contributed by atoms with Crippen molar-refractivity contribution in [3.05, 3.63) is 100 Å². The van der Waals surface area contributed by atoms with Gasteiger partial charge < -0.3 is 19.5 Å². The Morgan fingerprint density at radius 1 is 1.00 bits per heavy atom. The molecule has 1 amide bonds. The minimum Gasteiger partial charge on any atom is -0.507 e. The van der Waals surface area contributed by atoms with Gasteiger partial charge in [-0.05, 0) is 78.8 Å². The first-order chi connectivity index (χ1) is 18.4. The lowest BCUT2D eigenvalue weighted by Crippen LogP contribution is -2.29. The second-order valence-electron chi connectivity index (χ2n) is 11.3. The van der Waals surface area contributed by atoms with Gasteiger partial charge in [0.1, 0.15) is 17.3 Å². The van der Waals surface area contributed by atoms with Crippen molar-refractivity contribution in [3.63, 3.8) is 0 Å². The van der Waals surface area contributed by atoms with Gasteiger partial charge in [-0.3, -0.25) is 9.59 Å². The van der Waals surface area contributed by atoms with Crippen molar-refractivity contribution in [1.82, 2.24) is 4.90 Å². The molecule has 0 aromatic heterocycles. The van der Waals surface area contributed by atoms with Crippen LogP contribution in [0.15, 0.2) is 72.3 Å². The first kappa shape index (κ1) is 28.0. The maximum atomic E-state index is 13.5. The number of carbonyl (C=O) groups is 2. The van der Waals surface area contributed by atoms with Crippen LogP contribution in [0.25, 0.3) is 5.76 Å². The summed E-state index contributed by atoms with van der Waals surface area (Å²) in [6, 6.07) is 19.8. The SMILES string of the molecule is COc1cccc(CN2C(=O)C(=O)/C(=C(\O)c3ccc(OC(C)C)c(C)c3)C2c2ccc(C(C)(C)C)cc2)c1. The summed E-state index contributed by atoms with van der Waals surface area (Å²) in [6.45, 7) is 12.4. The number of Topliss-reactive ketones (excluding diaryl/α,β-unsaturated/α-hetero) is 1. The van der Waals surface area contributed by atoms with Gasteiger partial charge in [-0.1, -0.05) is 57.2 Å². The number of nitrogens with zero attached hydrogens (tertiary/aromatic N) is 1. The molecule has 6 nitrogen and oxygen atoms in total. The molecule has 0 radical (unpaired) electrons. The maximum Gasteiger partial charge on any atom is 0.295 e. The number of ether oxygens (including phenoxy) is 2. The number of carbonyl (C=O) groups excluding carboxylic acids is 2. The van der Waals surface area contributed by atoms with Gasteiger partial charge in [0.25, 0.3) is 11.7 Å². The third kappa shape index (κ3) is 5.85. The van der Waals surface area contributed by atoms with E-state index in [-0.39, 0.29) is 29.4 Å². The maximum absolute atomic E-state index is 13.5. The van der Waals surface area contributed by atoms with E-state index in [0.717, 1.165) is 22.3 Å². The number of rotatable bonds is 7. The lowest BCUT2D eigenvalue weighted by molar-refractivity contribution is -0.140. The quantitative estimate of drug-likeness (QED) is 0.210. The Morgan fingerprint density at radius 3 is 2.28 bits per heavy atom. The van der Waals surface area contributed by atoms with Gasteiger partial charge in [0, 0.05) is 12.1 Å². The summed E-state index contributed by atoms with van der Waals surface area (Å²) < 4.78 is 11.2. The molecule has 1 aliphatic heterocycles. The van der Waals surface area contributed by atoms with Crippen LogP contribution in [-0.4, -0.2) is 34.9 Å². The summed E-state index contributed by atoms with van der Waals surface area (Å²) in [5.74, 6) is -0.199. The van der Waals surface area contributed by atoms with Crippen molar-refractivity contribution in [3.8, 4) is 11.5 Å². The van der Waals surface area contributed by atoms with Crippen LogP contribution in [-0.2, 0) is 21.5 Å². The predicted octanol–water partition coefficient (Wildman–Crippen LogP) is 6.71. The summed E-state index contributed by atoms with van der Waals surface area (Å²) in [4.78, 5) is 28.5. The molecule has 3 aromatic rings. The van der Waals surface area contributed by atoms with Crippen LogP contribution in [0, 0.1) is 6.92 Å². The molecular formula is C33H37NO5. The van der Waals surface area contributed by atoms with E-state index in [1.165, 1.54) is 4.90 Å². The average Bonchev–Trinajstić information content (AvgIpc) is 3.13. The number of aliphatic hydroxyl groups is 1. The first-order valence-corrected chi connectivity index (χ1v) is 13.2. The number of likely N-dealkylation sites (tertiary alicyclic amines) is 1. The number of amides is 1. The molecule has 1 atom stereocenters. The minimum atomic E-state index is -0.753. The molecule has 0 spiro atoms. The van der Waals surface area contributed by atoms with Crippen LogP contribution in [0.2, 0.25) is 0 Å². The van der Waals surface area contributed by atoms with E-state index in [1.807, 2.05) is 69.3 Å². The fourth-order valence-corrected chi connectivity index (χ4v) is 4.86. The predicted molar refractivity (Wildman–Crippen MR) is 153 cm³/mol. The Bertz CT molecular complexity index is 1410. The van der Waals surface area contributed by atoms with Gasteiger partial charge in [-0.2, -0.15) is 0 Å². The summed E-state index contributed by atoms with van der Waals surface area (Å²) >= 11 is 0. The van der Waals surface area contributed by atoms with Crippen molar-refractivity contribution >= 4 is 17.4 Å². The smallest absolute Gasteiger partial charge is 0.295 e. The molecule has 1 heterocycles. The second-order valence-corrected chi connectivity index (χ2v) is 11.3. The molecule has 6 heteroatoms. The van der Waals surface area contributed by atoms with E-state index in [0.29, 0.717) is 17.1 Å². The molecule has 1 N–H and O–H groups in total. The highest BCUT2D eigenvalue weighted by Crippen LogP contribution is 2.41. The van der Waals surface area contributed by atoms with Crippen LogP contribution < -0.4 is 9.47 Å². The normalized spacial score (nSPS) is 17.1. The van der Waals surface area contributed by atoms with E-state index in [9.17, 15) is 14.7 Å². The van der Waals surface area contributed by atoms with Crippen LogP contribution in [0.3, 0.4) is 0 Å². The monoisotopic (exact) mass is 527 g/mol. The summed E-state index contributed by atoms with van der Waals surface area (Å²) in [6.07, 6.45) is 0.00107. The van der Waals surface area contributed by atoms with Crippen molar-refractivity contribution in [1.29, 1.82) is 0 Å². The van der Waals surface area contributed by atoms with E-state index in [4.69, 9.17) is 9.47 Å². The minimum absolute atomic E-state index is 0.00107. The van der Waals surface area contributed by atoms with Crippen molar-refractivity contribution < 1.29 is 24.2 Å². The molecule has 0 aliphatic carbocycles. The third-order valence-corrected chi connectivity index (χ3v) is 6.93. The van der Waals surface area contributed by atoms with Gasteiger partial charge in [0.15, 0.2) is 0 Å². The Kier molecular flexibility index (Phi) is 7.86. The highest BCUT2D eigenvalue weighted by molar-refractivity contribution is 6.46. The Labute approximate surface area is 230 Å². The summed E-state index contributed by atoms with van der Waals surface area (Å²) in [5, 5.41) is 11.5. The van der Waals surface area contributed by atoms with E-state index in [1.54, 1.807) is 25.3 Å². The molecule has 4 rings (SSSR count). The number of hydrogen-bond donors (Lipinski definition) is 1. The molecule has 3 aromatic carbocycles. The highest BCUT2D eigenvalue weighted by Gasteiger charge is 2.46. The Hall–Kier alpha value is -4.06. The molecule has 0 bridgehead atoms. The Balaban J connectivity index is 1.84. The standard InChI is InChI=1S/C33H37NO5/c1-20(2)39-27-16-13-24(17-21(27)3)30(35)28-29(23-11-14-25(15-12-23)33(4,5)6)34(32(37)31(28)36)19-22-9-8-10-26(18-22)38-7/h8-18,20,29,35H,19H2,1-7H3/b30-28-. The number of benzene rings is 3. The molecule has 39 heavy (non-hydrogen) atoms. The van der Waals surface area contributed by atoms with E-state index >= 15 is 0 Å². The van der Waals surface area contributed by atoms with Gasteiger partial charge in [0.05, 0.1) is 24.8 Å². The van der Waals surface area contributed by atoms with E-state index < -0.39 is 17.7 Å². The number of aryl methyl sites for hydroxylation is 1. The zero-order valence-corrected chi connectivity index (χ0v) is 23.7.